The molecule has 7 nitrogen and oxygen atoms in total. The summed E-state index contributed by atoms with van der Waals surface area (Å²) in [4.78, 5) is 27.0. The van der Waals surface area contributed by atoms with Crippen LogP contribution in [0.5, 0.6) is 0 Å². The van der Waals surface area contributed by atoms with E-state index in [2.05, 4.69) is 15.6 Å². The number of carbonyl (C=O) groups excluding carboxylic acids is 2. The van der Waals surface area contributed by atoms with Gasteiger partial charge in [-0.3, -0.25) is 9.59 Å². The molecule has 19 heavy (non-hydrogen) atoms. The largest absolute Gasteiger partial charge is 0.354 e. The van der Waals surface area contributed by atoms with Crippen molar-refractivity contribution in [2.24, 2.45) is 11.7 Å². The highest BCUT2D eigenvalue weighted by molar-refractivity contribution is 5.92. The van der Waals surface area contributed by atoms with Gasteiger partial charge in [0.2, 0.25) is 5.91 Å². The van der Waals surface area contributed by atoms with Gasteiger partial charge in [-0.05, 0) is 0 Å². The Balaban J connectivity index is 2.29. The highest BCUT2D eigenvalue weighted by atomic mass is 16.2. The zero-order valence-electron chi connectivity index (χ0n) is 11.3. The molecule has 1 aromatic heterocycles. The Kier molecular flexibility index (Phi) is 6.01. The van der Waals surface area contributed by atoms with Gasteiger partial charge in [0.15, 0.2) is 0 Å². The van der Waals surface area contributed by atoms with Crippen molar-refractivity contribution in [2.45, 2.75) is 20.4 Å². The number of imidazole rings is 1. The van der Waals surface area contributed by atoms with Crippen LogP contribution in [0, 0.1) is 5.92 Å². The molecule has 0 bridgehead atoms. The molecule has 7 heteroatoms. The lowest BCUT2D eigenvalue weighted by Gasteiger charge is -2.07. The molecule has 0 spiro atoms. The SMILES string of the molecule is CC(C)C(=O)NCCNC(=O)c1cn(CCN)cn1. The lowest BCUT2D eigenvalue weighted by atomic mass is 10.2. The summed E-state index contributed by atoms with van der Waals surface area (Å²) in [6.07, 6.45) is 3.22. The van der Waals surface area contributed by atoms with E-state index in [1.54, 1.807) is 17.1 Å². The third-order valence-electron chi connectivity index (χ3n) is 2.49. The third kappa shape index (κ3) is 5.09. The van der Waals surface area contributed by atoms with Crippen LogP contribution in [0.4, 0.5) is 0 Å². The average Bonchev–Trinajstić information content (AvgIpc) is 2.83. The summed E-state index contributed by atoms with van der Waals surface area (Å²) in [6.45, 7) is 5.55. The first-order valence-electron chi connectivity index (χ1n) is 6.32. The summed E-state index contributed by atoms with van der Waals surface area (Å²) in [5, 5.41) is 5.41. The Bertz CT molecular complexity index is 428. The number of nitrogens with zero attached hydrogens (tertiary/aromatic N) is 2. The van der Waals surface area contributed by atoms with Gasteiger partial charge in [-0.2, -0.15) is 0 Å². The van der Waals surface area contributed by atoms with Gasteiger partial charge in [-0.15, -0.1) is 0 Å². The predicted octanol–water partition coefficient (Wildman–Crippen LogP) is -0.656. The van der Waals surface area contributed by atoms with Gasteiger partial charge in [0.05, 0.1) is 6.33 Å². The highest BCUT2D eigenvalue weighted by Crippen LogP contribution is 1.95. The smallest absolute Gasteiger partial charge is 0.271 e. The Labute approximate surface area is 112 Å². The predicted molar refractivity (Wildman–Crippen MR) is 71.5 cm³/mol. The van der Waals surface area contributed by atoms with Gasteiger partial charge < -0.3 is 20.9 Å². The summed E-state index contributed by atoms with van der Waals surface area (Å²) in [6, 6.07) is 0. The first-order valence-corrected chi connectivity index (χ1v) is 6.32. The van der Waals surface area contributed by atoms with Crippen molar-refractivity contribution >= 4 is 11.8 Å². The number of aromatic nitrogens is 2. The van der Waals surface area contributed by atoms with Gasteiger partial charge in [-0.25, -0.2) is 4.98 Å². The molecule has 1 aromatic rings. The van der Waals surface area contributed by atoms with Gasteiger partial charge in [0.25, 0.3) is 5.91 Å². The summed E-state index contributed by atoms with van der Waals surface area (Å²) < 4.78 is 1.76. The summed E-state index contributed by atoms with van der Waals surface area (Å²) >= 11 is 0. The minimum atomic E-state index is -0.255. The molecule has 0 saturated heterocycles. The van der Waals surface area contributed by atoms with Crippen molar-refractivity contribution in [1.82, 2.24) is 20.2 Å². The molecule has 0 atom stereocenters. The van der Waals surface area contributed by atoms with E-state index in [1.807, 2.05) is 13.8 Å². The van der Waals surface area contributed by atoms with E-state index < -0.39 is 0 Å². The monoisotopic (exact) mass is 267 g/mol. The van der Waals surface area contributed by atoms with Crippen LogP contribution >= 0.6 is 0 Å². The number of nitrogens with two attached hydrogens (primary N) is 1. The second-order valence-electron chi connectivity index (χ2n) is 4.49. The minimum absolute atomic E-state index is 0.0264. The maximum absolute atomic E-state index is 11.7. The van der Waals surface area contributed by atoms with Gasteiger partial charge in [0.1, 0.15) is 5.69 Å². The van der Waals surface area contributed by atoms with E-state index in [4.69, 9.17) is 5.73 Å². The van der Waals surface area contributed by atoms with Gasteiger partial charge in [0, 0.05) is 38.3 Å². The lowest BCUT2D eigenvalue weighted by molar-refractivity contribution is -0.123. The number of hydrogen-bond donors (Lipinski definition) is 3. The van der Waals surface area contributed by atoms with Gasteiger partial charge in [-0.1, -0.05) is 13.8 Å². The highest BCUT2D eigenvalue weighted by Gasteiger charge is 2.09. The van der Waals surface area contributed by atoms with Crippen molar-refractivity contribution in [3.8, 4) is 0 Å². The maximum Gasteiger partial charge on any atom is 0.271 e. The van der Waals surface area contributed by atoms with E-state index in [0.29, 0.717) is 31.9 Å². The van der Waals surface area contributed by atoms with Gasteiger partial charge >= 0.3 is 0 Å². The van der Waals surface area contributed by atoms with Crippen LogP contribution < -0.4 is 16.4 Å². The molecule has 0 saturated carbocycles. The van der Waals surface area contributed by atoms with Crippen LogP contribution in [0.2, 0.25) is 0 Å². The van der Waals surface area contributed by atoms with E-state index in [-0.39, 0.29) is 17.7 Å². The quantitative estimate of drug-likeness (QED) is 0.571. The minimum Gasteiger partial charge on any atom is -0.354 e. The summed E-state index contributed by atoms with van der Waals surface area (Å²) in [5.74, 6) is -0.335. The topological polar surface area (TPSA) is 102 Å². The molecule has 106 valence electrons. The van der Waals surface area contributed by atoms with Crippen LogP contribution in [0.3, 0.4) is 0 Å². The molecular weight excluding hydrogens is 246 g/mol. The number of rotatable bonds is 7. The van der Waals surface area contributed by atoms with Crippen molar-refractivity contribution in [3.05, 3.63) is 18.2 Å². The molecular formula is C12H21N5O2. The fourth-order valence-electron chi connectivity index (χ4n) is 1.41. The maximum atomic E-state index is 11.7. The van der Waals surface area contributed by atoms with Crippen LogP contribution in [0.1, 0.15) is 24.3 Å². The van der Waals surface area contributed by atoms with E-state index in [1.165, 1.54) is 0 Å². The molecule has 0 fully saturated rings. The molecule has 0 aliphatic heterocycles. The zero-order valence-corrected chi connectivity index (χ0v) is 11.3. The third-order valence-corrected chi connectivity index (χ3v) is 2.49. The Morgan fingerprint density at radius 1 is 1.37 bits per heavy atom. The Morgan fingerprint density at radius 2 is 2.05 bits per heavy atom. The first-order chi connectivity index (χ1) is 9.04. The molecule has 0 aliphatic carbocycles. The molecule has 1 heterocycles. The van der Waals surface area contributed by atoms with Crippen LogP contribution in [-0.2, 0) is 11.3 Å². The standard InChI is InChI=1S/C12H21N5O2/c1-9(2)11(18)14-4-5-15-12(19)10-7-17(6-3-13)8-16-10/h7-9H,3-6,13H2,1-2H3,(H,14,18)(H,15,19). The fraction of sp³-hybridized carbons (Fsp3) is 0.583. The van der Waals surface area contributed by atoms with Crippen LogP contribution in [0.15, 0.2) is 12.5 Å². The number of nitrogens with one attached hydrogen (secondary N) is 2. The molecule has 4 N–H and O–H groups in total. The first kappa shape index (κ1) is 15.2. The normalized spacial score (nSPS) is 10.5. The fourth-order valence-corrected chi connectivity index (χ4v) is 1.41. The Morgan fingerprint density at radius 3 is 2.68 bits per heavy atom. The second-order valence-corrected chi connectivity index (χ2v) is 4.49. The number of hydrogen-bond acceptors (Lipinski definition) is 4. The molecule has 0 radical (unpaired) electrons. The molecule has 0 aliphatic rings. The number of amides is 2. The summed E-state index contributed by atoms with van der Waals surface area (Å²) in [7, 11) is 0. The zero-order chi connectivity index (χ0) is 14.3. The average molecular weight is 267 g/mol. The number of carbonyl (C=O) groups is 2. The van der Waals surface area contributed by atoms with Crippen LogP contribution in [-0.4, -0.2) is 41.0 Å². The van der Waals surface area contributed by atoms with E-state index in [9.17, 15) is 9.59 Å². The van der Waals surface area contributed by atoms with E-state index >= 15 is 0 Å². The van der Waals surface area contributed by atoms with Crippen molar-refractivity contribution in [2.75, 3.05) is 19.6 Å². The van der Waals surface area contributed by atoms with Crippen LogP contribution in [0.25, 0.3) is 0 Å². The molecule has 0 aromatic carbocycles. The van der Waals surface area contributed by atoms with E-state index in [0.717, 1.165) is 0 Å². The van der Waals surface area contributed by atoms with Crippen molar-refractivity contribution in [3.63, 3.8) is 0 Å². The van der Waals surface area contributed by atoms with Crippen molar-refractivity contribution in [1.29, 1.82) is 0 Å². The van der Waals surface area contributed by atoms with Crippen molar-refractivity contribution < 1.29 is 9.59 Å². The molecule has 0 unspecified atom stereocenters. The molecule has 1 rings (SSSR count). The second kappa shape index (κ2) is 7.52. The Hall–Kier alpha value is -1.89. The molecule has 2 amide bonds. The summed E-state index contributed by atoms with van der Waals surface area (Å²) in [5.41, 5.74) is 5.76. The lowest BCUT2D eigenvalue weighted by Crippen LogP contribution is -2.36.